The standard InChI is InChI=1S/C15H10Cl3N3O2/c16-10-5-11(17)7-12(6-10)20-14(22)15(23)21-19-8-9-3-1-2-4-13(9)18/h1-8H,(H,20,22)(H,21,23)/b19-8-. The molecule has 0 saturated carbocycles. The number of anilines is 1. The number of nitrogens with one attached hydrogen (secondary N) is 2. The Balaban J connectivity index is 1.95. The number of benzene rings is 2. The summed E-state index contributed by atoms with van der Waals surface area (Å²) in [4.78, 5) is 23.4. The zero-order valence-electron chi connectivity index (χ0n) is 11.5. The van der Waals surface area contributed by atoms with E-state index in [1.54, 1.807) is 24.3 Å². The van der Waals surface area contributed by atoms with Gasteiger partial charge in [-0.05, 0) is 24.3 Å². The summed E-state index contributed by atoms with van der Waals surface area (Å²) in [5.41, 5.74) is 3.01. The van der Waals surface area contributed by atoms with Crippen LogP contribution in [0.5, 0.6) is 0 Å². The van der Waals surface area contributed by atoms with Gasteiger partial charge in [0.15, 0.2) is 0 Å². The molecule has 2 aromatic rings. The number of amides is 2. The SMILES string of the molecule is O=C(N/N=C\c1ccccc1Cl)C(=O)Nc1cc(Cl)cc(Cl)c1. The van der Waals surface area contributed by atoms with Crippen LogP contribution in [0.15, 0.2) is 47.6 Å². The molecule has 8 heteroatoms. The third-order valence-electron chi connectivity index (χ3n) is 2.60. The molecule has 0 aliphatic rings. The molecule has 23 heavy (non-hydrogen) atoms. The predicted octanol–water partition coefficient (Wildman–Crippen LogP) is 3.74. The Kier molecular flexibility index (Phi) is 5.98. The fourth-order valence-corrected chi connectivity index (χ4v) is 2.32. The topological polar surface area (TPSA) is 70.6 Å². The van der Waals surface area contributed by atoms with E-state index >= 15 is 0 Å². The van der Waals surface area contributed by atoms with E-state index in [9.17, 15) is 9.59 Å². The molecular weight excluding hydrogens is 361 g/mol. The summed E-state index contributed by atoms with van der Waals surface area (Å²) in [7, 11) is 0. The molecule has 0 radical (unpaired) electrons. The Morgan fingerprint density at radius 1 is 0.957 bits per heavy atom. The summed E-state index contributed by atoms with van der Waals surface area (Å²) in [6.45, 7) is 0. The van der Waals surface area contributed by atoms with E-state index in [1.807, 2.05) is 0 Å². The molecule has 0 aromatic heterocycles. The number of nitrogens with zero attached hydrogens (tertiary/aromatic N) is 1. The van der Waals surface area contributed by atoms with Gasteiger partial charge in [-0.25, -0.2) is 5.43 Å². The molecule has 0 aliphatic heterocycles. The highest BCUT2D eigenvalue weighted by atomic mass is 35.5. The van der Waals surface area contributed by atoms with Crippen LogP contribution in [0.25, 0.3) is 0 Å². The van der Waals surface area contributed by atoms with Crippen LogP contribution in [-0.4, -0.2) is 18.0 Å². The second-order valence-electron chi connectivity index (χ2n) is 4.33. The zero-order valence-corrected chi connectivity index (χ0v) is 13.8. The lowest BCUT2D eigenvalue weighted by Crippen LogP contribution is -2.32. The molecule has 0 fully saturated rings. The van der Waals surface area contributed by atoms with Crippen molar-refractivity contribution in [1.29, 1.82) is 0 Å². The van der Waals surface area contributed by atoms with Crippen LogP contribution in [-0.2, 0) is 9.59 Å². The fourth-order valence-electron chi connectivity index (χ4n) is 1.60. The van der Waals surface area contributed by atoms with Crippen LogP contribution in [0.4, 0.5) is 5.69 Å². The van der Waals surface area contributed by atoms with Crippen molar-refractivity contribution in [2.24, 2.45) is 5.10 Å². The summed E-state index contributed by atoms with van der Waals surface area (Å²) < 4.78 is 0. The maximum Gasteiger partial charge on any atom is 0.329 e. The lowest BCUT2D eigenvalue weighted by molar-refractivity contribution is -0.136. The molecule has 2 aromatic carbocycles. The van der Waals surface area contributed by atoms with Crippen molar-refractivity contribution in [3.05, 3.63) is 63.1 Å². The molecule has 0 unspecified atom stereocenters. The molecule has 5 nitrogen and oxygen atoms in total. The highest BCUT2D eigenvalue weighted by Gasteiger charge is 2.13. The first kappa shape index (κ1) is 17.3. The molecule has 0 heterocycles. The van der Waals surface area contributed by atoms with Crippen LogP contribution >= 0.6 is 34.8 Å². The Morgan fingerprint density at radius 3 is 2.26 bits per heavy atom. The zero-order chi connectivity index (χ0) is 16.8. The summed E-state index contributed by atoms with van der Waals surface area (Å²) in [6.07, 6.45) is 1.34. The van der Waals surface area contributed by atoms with Gasteiger partial charge in [-0.15, -0.1) is 0 Å². The van der Waals surface area contributed by atoms with Crippen LogP contribution in [0, 0.1) is 0 Å². The maximum atomic E-state index is 11.7. The third-order valence-corrected chi connectivity index (χ3v) is 3.38. The molecule has 118 valence electrons. The fraction of sp³-hybridized carbons (Fsp3) is 0. The number of rotatable bonds is 3. The van der Waals surface area contributed by atoms with Gasteiger partial charge in [0.1, 0.15) is 0 Å². The Labute approximate surface area is 147 Å². The van der Waals surface area contributed by atoms with Gasteiger partial charge in [0.05, 0.1) is 6.21 Å². The number of hydrogen-bond acceptors (Lipinski definition) is 3. The first-order valence-corrected chi connectivity index (χ1v) is 7.44. The van der Waals surface area contributed by atoms with E-state index < -0.39 is 11.8 Å². The summed E-state index contributed by atoms with van der Waals surface area (Å²) in [6, 6.07) is 11.4. The quantitative estimate of drug-likeness (QED) is 0.491. The monoisotopic (exact) mass is 369 g/mol. The Morgan fingerprint density at radius 2 is 1.61 bits per heavy atom. The van der Waals surface area contributed by atoms with E-state index in [1.165, 1.54) is 24.4 Å². The van der Waals surface area contributed by atoms with E-state index in [4.69, 9.17) is 34.8 Å². The highest BCUT2D eigenvalue weighted by Crippen LogP contribution is 2.22. The van der Waals surface area contributed by atoms with E-state index in [0.717, 1.165) is 0 Å². The molecule has 0 saturated heterocycles. The van der Waals surface area contributed by atoms with E-state index in [0.29, 0.717) is 26.3 Å². The second-order valence-corrected chi connectivity index (χ2v) is 5.61. The van der Waals surface area contributed by atoms with Crippen molar-refractivity contribution < 1.29 is 9.59 Å². The van der Waals surface area contributed by atoms with Crippen molar-refractivity contribution in [3.8, 4) is 0 Å². The van der Waals surface area contributed by atoms with E-state index in [2.05, 4.69) is 15.8 Å². The lowest BCUT2D eigenvalue weighted by Gasteiger charge is -2.05. The largest absolute Gasteiger partial charge is 0.329 e. The molecule has 0 bridgehead atoms. The van der Waals surface area contributed by atoms with E-state index in [-0.39, 0.29) is 0 Å². The summed E-state index contributed by atoms with van der Waals surface area (Å²) in [5, 5.41) is 7.19. The molecular formula is C15H10Cl3N3O2. The normalized spacial score (nSPS) is 10.6. The Bertz CT molecular complexity index is 758. The van der Waals surface area contributed by atoms with Crippen molar-refractivity contribution in [2.45, 2.75) is 0 Å². The molecule has 2 amide bonds. The van der Waals surface area contributed by atoms with Gasteiger partial charge in [-0.2, -0.15) is 5.10 Å². The number of carbonyl (C=O) groups is 2. The minimum absolute atomic E-state index is 0.303. The number of carbonyl (C=O) groups excluding carboxylic acids is 2. The van der Waals surface area contributed by atoms with Gasteiger partial charge in [0.2, 0.25) is 0 Å². The van der Waals surface area contributed by atoms with Crippen LogP contribution < -0.4 is 10.7 Å². The smallest absolute Gasteiger partial charge is 0.318 e. The van der Waals surface area contributed by atoms with Crippen molar-refractivity contribution in [1.82, 2.24) is 5.43 Å². The number of hydrogen-bond donors (Lipinski definition) is 2. The van der Waals surface area contributed by atoms with Crippen LogP contribution in [0.1, 0.15) is 5.56 Å². The maximum absolute atomic E-state index is 11.7. The minimum Gasteiger partial charge on any atom is -0.318 e. The first-order chi connectivity index (χ1) is 11.0. The molecule has 2 rings (SSSR count). The molecule has 0 aliphatic carbocycles. The predicted molar refractivity (Wildman–Crippen MR) is 92.3 cm³/mol. The molecule has 0 atom stereocenters. The van der Waals surface area contributed by atoms with Crippen LogP contribution in [0.3, 0.4) is 0 Å². The lowest BCUT2D eigenvalue weighted by atomic mass is 10.2. The molecule has 2 N–H and O–H groups in total. The van der Waals surface area contributed by atoms with Crippen molar-refractivity contribution in [3.63, 3.8) is 0 Å². The van der Waals surface area contributed by atoms with Crippen LogP contribution in [0.2, 0.25) is 15.1 Å². The second kappa shape index (κ2) is 7.97. The van der Waals surface area contributed by atoms with Crippen molar-refractivity contribution >= 4 is 58.5 Å². The summed E-state index contributed by atoms with van der Waals surface area (Å²) >= 11 is 17.5. The molecule has 0 spiro atoms. The number of hydrazone groups is 1. The van der Waals surface area contributed by atoms with Gasteiger partial charge in [-0.3, -0.25) is 9.59 Å². The number of halogens is 3. The van der Waals surface area contributed by atoms with Crippen molar-refractivity contribution in [2.75, 3.05) is 5.32 Å². The van der Waals surface area contributed by atoms with Gasteiger partial charge in [0.25, 0.3) is 0 Å². The average molecular weight is 371 g/mol. The highest BCUT2D eigenvalue weighted by molar-refractivity contribution is 6.40. The van der Waals surface area contributed by atoms with Gasteiger partial charge in [-0.1, -0.05) is 53.0 Å². The van der Waals surface area contributed by atoms with Gasteiger partial charge < -0.3 is 5.32 Å². The third kappa shape index (κ3) is 5.25. The summed E-state index contributed by atoms with van der Waals surface area (Å²) in [5.74, 6) is -1.84. The van der Waals surface area contributed by atoms with Gasteiger partial charge in [0, 0.05) is 26.3 Å². The minimum atomic E-state index is -0.940. The first-order valence-electron chi connectivity index (χ1n) is 6.31. The average Bonchev–Trinajstić information content (AvgIpc) is 2.48. The Hall–Kier alpha value is -2.08. The van der Waals surface area contributed by atoms with Gasteiger partial charge >= 0.3 is 11.8 Å².